The van der Waals surface area contributed by atoms with Crippen LogP contribution in [0.1, 0.15) is 71.4 Å². The predicted octanol–water partition coefficient (Wildman–Crippen LogP) is 9.54. The number of sulfone groups is 1. The first-order valence-electron chi connectivity index (χ1n) is 14.0. The zero-order chi connectivity index (χ0) is 27.6. The van der Waals surface area contributed by atoms with Gasteiger partial charge in [-0.05, 0) is 105 Å². The highest BCUT2D eigenvalue weighted by Crippen LogP contribution is 2.54. The van der Waals surface area contributed by atoms with E-state index in [0.29, 0.717) is 22.8 Å². The van der Waals surface area contributed by atoms with Crippen molar-refractivity contribution in [2.45, 2.75) is 59.0 Å². The van der Waals surface area contributed by atoms with Gasteiger partial charge in [-0.1, -0.05) is 73.7 Å². The van der Waals surface area contributed by atoms with Gasteiger partial charge < -0.3 is 0 Å². The largest absolute Gasteiger partial charge is 0.223 e. The van der Waals surface area contributed by atoms with Gasteiger partial charge in [0.25, 0.3) is 0 Å². The lowest BCUT2D eigenvalue weighted by Gasteiger charge is -2.38. The van der Waals surface area contributed by atoms with Gasteiger partial charge in [0.1, 0.15) is 5.82 Å². The zero-order valence-corrected chi connectivity index (χ0v) is 24.2. The third-order valence-corrected chi connectivity index (χ3v) is 11.8. The van der Waals surface area contributed by atoms with Crippen LogP contribution in [0.5, 0.6) is 0 Å². The lowest BCUT2D eigenvalue weighted by Crippen LogP contribution is -2.29. The summed E-state index contributed by atoms with van der Waals surface area (Å²) in [5.41, 5.74) is 3.45. The summed E-state index contributed by atoms with van der Waals surface area (Å²) in [5.74, 6) is -0.316. The van der Waals surface area contributed by atoms with E-state index in [1.807, 2.05) is 48.7 Å². The van der Waals surface area contributed by atoms with Crippen molar-refractivity contribution in [3.8, 4) is 0 Å². The van der Waals surface area contributed by atoms with Crippen LogP contribution in [0.25, 0.3) is 21.5 Å². The highest BCUT2D eigenvalue weighted by molar-refractivity contribution is 7.98. The van der Waals surface area contributed by atoms with Crippen LogP contribution in [0, 0.1) is 5.82 Å². The topological polar surface area (TPSA) is 34.1 Å². The average Bonchev–Trinajstić information content (AvgIpc) is 3.82. The minimum absolute atomic E-state index is 0.0636. The Labute approximate surface area is 239 Å². The Balaban J connectivity index is 1.48. The van der Waals surface area contributed by atoms with Crippen LogP contribution in [-0.2, 0) is 9.84 Å². The molecule has 3 atom stereocenters. The summed E-state index contributed by atoms with van der Waals surface area (Å²) in [6, 6.07) is 29.4. The first kappa shape index (κ1) is 25.8. The van der Waals surface area contributed by atoms with Gasteiger partial charge in [0.05, 0.1) is 10.1 Å². The van der Waals surface area contributed by atoms with Crippen LogP contribution >= 0.6 is 11.8 Å². The van der Waals surface area contributed by atoms with Gasteiger partial charge >= 0.3 is 0 Å². The molecule has 2 nitrogen and oxygen atoms in total. The van der Waals surface area contributed by atoms with Gasteiger partial charge in [0.15, 0.2) is 9.84 Å². The summed E-state index contributed by atoms with van der Waals surface area (Å²) >= 11 is 1.48. The van der Waals surface area contributed by atoms with Crippen LogP contribution in [0.15, 0.2) is 101 Å². The molecule has 2 aliphatic carbocycles. The maximum atomic E-state index is 15.7. The number of fused-ring (bicyclic) bond motifs is 5. The molecule has 5 aromatic rings. The van der Waals surface area contributed by atoms with Crippen molar-refractivity contribution in [2.75, 3.05) is 6.26 Å². The molecule has 0 saturated heterocycles. The molecule has 0 aromatic heterocycles. The van der Waals surface area contributed by atoms with E-state index in [1.54, 1.807) is 18.2 Å². The molecule has 40 heavy (non-hydrogen) atoms. The van der Waals surface area contributed by atoms with Crippen LogP contribution < -0.4 is 0 Å². The standard InChI is InChI=1S/C35H31FO2S2/c1-21-18-32(29-15-13-25(39-2)20-33(29)36)35(40(37,38)26-8-5-7-24(19-26)22-10-11-22)31-17-16-28-27-9-4-3-6-23(27)12-14-30(28)34(21)31/h3-9,12-17,19-22,32,35H,10-11,18H2,1-2H3. The van der Waals surface area contributed by atoms with Crippen molar-refractivity contribution in [3.05, 3.63) is 119 Å². The molecule has 0 bridgehead atoms. The molecule has 0 heterocycles. The molecule has 0 spiro atoms. The van der Waals surface area contributed by atoms with Gasteiger partial charge in [-0.3, -0.25) is 0 Å². The van der Waals surface area contributed by atoms with Crippen molar-refractivity contribution in [2.24, 2.45) is 0 Å². The van der Waals surface area contributed by atoms with Gasteiger partial charge in [-0.2, -0.15) is 0 Å². The molecule has 7 rings (SSSR count). The van der Waals surface area contributed by atoms with Crippen molar-refractivity contribution >= 4 is 43.1 Å². The Morgan fingerprint density at radius 2 is 1.57 bits per heavy atom. The molecule has 0 amide bonds. The van der Waals surface area contributed by atoms with E-state index >= 15 is 4.39 Å². The molecule has 0 N–H and O–H groups in total. The first-order valence-corrected chi connectivity index (χ1v) is 16.8. The molecule has 1 saturated carbocycles. The normalized spacial score (nSPS) is 21.0. The van der Waals surface area contributed by atoms with Crippen LogP contribution in [-0.4, -0.2) is 14.7 Å². The fraction of sp³-hybridized carbons (Fsp3) is 0.257. The zero-order valence-electron chi connectivity index (χ0n) is 22.6. The van der Waals surface area contributed by atoms with Crippen molar-refractivity contribution in [3.63, 3.8) is 0 Å². The van der Waals surface area contributed by atoms with Gasteiger partial charge in [0, 0.05) is 10.8 Å². The molecule has 5 aromatic carbocycles. The second-order valence-electron chi connectivity index (χ2n) is 11.4. The lowest BCUT2D eigenvalue weighted by molar-refractivity contribution is 0.466. The van der Waals surface area contributed by atoms with Crippen molar-refractivity contribution < 1.29 is 12.8 Å². The molecular formula is C35H31FO2S2. The highest BCUT2D eigenvalue weighted by Gasteiger charge is 2.44. The fourth-order valence-electron chi connectivity index (χ4n) is 6.88. The molecule has 202 valence electrons. The van der Waals surface area contributed by atoms with Crippen molar-refractivity contribution in [1.82, 2.24) is 0 Å². The Hall–Kier alpha value is -3.15. The molecule has 0 aliphatic heterocycles. The fourth-order valence-corrected chi connectivity index (χ4v) is 9.40. The second kappa shape index (κ2) is 9.74. The minimum atomic E-state index is -3.84. The molecule has 1 fully saturated rings. The number of rotatable bonds is 5. The quantitative estimate of drug-likeness (QED) is 0.157. The van der Waals surface area contributed by atoms with Gasteiger partial charge in [0.2, 0.25) is 0 Å². The van der Waals surface area contributed by atoms with E-state index < -0.39 is 21.0 Å². The number of hydrogen-bond donors (Lipinski definition) is 0. The number of benzene rings is 5. The maximum Gasteiger partial charge on any atom is 0.185 e. The smallest absolute Gasteiger partial charge is 0.185 e. The molecule has 3 unspecified atom stereocenters. The van der Waals surface area contributed by atoms with Gasteiger partial charge in [-0.25, -0.2) is 12.8 Å². The van der Waals surface area contributed by atoms with E-state index in [4.69, 9.17) is 0 Å². The summed E-state index contributed by atoms with van der Waals surface area (Å²) in [6.45, 7) is 2.16. The van der Waals surface area contributed by atoms with Gasteiger partial charge in [-0.15, -0.1) is 11.8 Å². The molecule has 0 radical (unpaired) electrons. The Bertz CT molecular complexity index is 1890. The average molecular weight is 567 g/mol. The van der Waals surface area contributed by atoms with Crippen LogP contribution in [0.2, 0.25) is 0 Å². The molecular weight excluding hydrogens is 536 g/mol. The number of halogens is 1. The SMILES string of the molecule is CSc1ccc(C2CC(C)c3c(ccc4c3ccc3ccccc34)C2S(=O)(=O)c2cccc(C3CC3)c2)c(F)c1. The maximum absolute atomic E-state index is 15.7. The summed E-state index contributed by atoms with van der Waals surface area (Å²) in [4.78, 5) is 1.17. The lowest BCUT2D eigenvalue weighted by atomic mass is 9.72. The van der Waals surface area contributed by atoms with Crippen molar-refractivity contribution in [1.29, 1.82) is 0 Å². The molecule has 5 heteroatoms. The molecule has 2 aliphatic rings. The van der Waals surface area contributed by atoms with Crippen LogP contribution in [0.3, 0.4) is 0 Å². The highest BCUT2D eigenvalue weighted by atomic mass is 32.2. The first-order chi connectivity index (χ1) is 19.4. The Morgan fingerprint density at radius 3 is 2.35 bits per heavy atom. The van der Waals surface area contributed by atoms with E-state index in [0.717, 1.165) is 56.0 Å². The van der Waals surface area contributed by atoms with E-state index in [-0.39, 0.29) is 11.7 Å². The number of hydrogen-bond acceptors (Lipinski definition) is 3. The minimum Gasteiger partial charge on any atom is -0.223 e. The summed E-state index contributed by atoms with van der Waals surface area (Å²) in [5, 5.41) is 3.66. The summed E-state index contributed by atoms with van der Waals surface area (Å²) in [6.07, 6.45) is 4.68. The Morgan fingerprint density at radius 1 is 0.800 bits per heavy atom. The van der Waals surface area contributed by atoms with Crippen LogP contribution in [0.4, 0.5) is 4.39 Å². The van der Waals surface area contributed by atoms with E-state index in [1.165, 1.54) is 11.8 Å². The summed E-state index contributed by atoms with van der Waals surface area (Å²) < 4.78 is 45.1. The third-order valence-electron chi connectivity index (χ3n) is 8.95. The third kappa shape index (κ3) is 4.17. The van der Waals surface area contributed by atoms with E-state index in [2.05, 4.69) is 37.3 Å². The summed E-state index contributed by atoms with van der Waals surface area (Å²) in [7, 11) is -3.84. The van der Waals surface area contributed by atoms with E-state index in [9.17, 15) is 8.42 Å². The predicted molar refractivity (Wildman–Crippen MR) is 164 cm³/mol. The second-order valence-corrected chi connectivity index (χ2v) is 14.3. The number of thioether (sulfide) groups is 1. The monoisotopic (exact) mass is 566 g/mol. The Kier molecular flexibility index (Phi) is 6.28.